The Bertz CT molecular complexity index is 647. The highest BCUT2D eigenvalue weighted by Crippen LogP contribution is 2.19. The first-order valence-electron chi connectivity index (χ1n) is 6.49. The molecule has 2 aromatic rings. The van der Waals surface area contributed by atoms with Crippen molar-refractivity contribution < 1.29 is 14.5 Å². The van der Waals surface area contributed by atoms with E-state index in [1.165, 1.54) is 24.3 Å². The molecule has 2 aromatic carbocycles. The van der Waals surface area contributed by atoms with Crippen molar-refractivity contribution in [2.24, 2.45) is 0 Å². The Morgan fingerprint density at radius 3 is 2.19 bits per heavy atom. The minimum Gasteiger partial charge on any atom is -0.483 e. The third kappa shape index (κ3) is 3.66. The van der Waals surface area contributed by atoms with Gasteiger partial charge in [-0.1, -0.05) is 29.8 Å². The van der Waals surface area contributed by atoms with Crippen molar-refractivity contribution in [3.63, 3.8) is 0 Å². The summed E-state index contributed by atoms with van der Waals surface area (Å²) in [6.45, 7) is 3.61. The summed E-state index contributed by atoms with van der Waals surface area (Å²) in [6, 6.07) is 12.9. The third-order valence-electron chi connectivity index (χ3n) is 3.07. The van der Waals surface area contributed by atoms with E-state index in [1.54, 1.807) is 19.1 Å². The summed E-state index contributed by atoms with van der Waals surface area (Å²) >= 11 is 0. The van der Waals surface area contributed by atoms with Crippen LogP contribution in [0.25, 0.3) is 0 Å². The van der Waals surface area contributed by atoms with Crippen LogP contribution >= 0.6 is 0 Å². The van der Waals surface area contributed by atoms with E-state index in [4.69, 9.17) is 4.74 Å². The second kappa shape index (κ2) is 6.17. The first kappa shape index (κ1) is 14.7. The fourth-order valence-electron chi connectivity index (χ4n) is 1.86. The van der Waals surface area contributed by atoms with Crippen LogP contribution in [0.1, 0.15) is 22.8 Å². The number of nitro benzene ring substituents is 1. The monoisotopic (exact) mass is 285 g/mol. The second-order valence-corrected chi connectivity index (χ2v) is 4.74. The topological polar surface area (TPSA) is 69.4 Å². The molecule has 0 amide bonds. The van der Waals surface area contributed by atoms with E-state index in [0.717, 1.165) is 5.56 Å². The quantitative estimate of drug-likeness (QED) is 0.478. The van der Waals surface area contributed by atoms with Crippen molar-refractivity contribution in [2.75, 3.05) is 0 Å². The molecule has 2 rings (SSSR count). The zero-order valence-electron chi connectivity index (χ0n) is 11.8. The smallest absolute Gasteiger partial charge is 0.269 e. The predicted molar refractivity (Wildman–Crippen MR) is 78.7 cm³/mol. The number of ether oxygens (including phenoxy) is 1. The maximum atomic E-state index is 12.2. The van der Waals surface area contributed by atoms with E-state index < -0.39 is 11.0 Å². The van der Waals surface area contributed by atoms with E-state index in [1.807, 2.05) is 19.1 Å². The number of carbonyl (C=O) groups excluding carboxylic acids is 1. The summed E-state index contributed by atoms with van der Waals surface area (Å²) < 4.78 is 5.52. The van der Waals surface area contributed by atoms with E-state index >= 15 is 0 Å². The first-order chi connectivity index (χ1) is 9.97. The van der Waals surface area contributed by atoms with Crippen LogP contribution in [0.2, 0.25) is 0 Å². The Hall–Kier alpha value is -2.69. The number of ketones is 1. The van der Waals surface area contributed by atoms with Gasteiger partial charge in [0.15, 0.2) is 6.10 Å². The van der Waals surface area contributed by atoms with Crippen molar-refractivity contribution in [2.45, 2.75) is 20.0 Å². The summed E-state index contributed by atoms with van der Waals surface area (Å²) in [6.07, 6.45) is -0.658. The Kier molecular flexibility index (Phi) is 4.33. The van der Waals surface area contributed by atoms with Gasteiger partial charge in [-0.15, -0.1) is 0 Å². The Morgan fingerprint density at radius 1 is 1.10 bits per heavy atom. The van der Waals surface area contributed by atoms with Crippen LogP contribution < -0.4 is 4.74 Å². The number of hydrogen-bond donors (Lipinski definition) is 0. The zero-order chi connectivity index (χ0) is 15.4. The molecular formula is C16H15NO4. The summed E-state index contributed by atoms with van der Waals surface area (Å²) in [5, 5.41) is 10.6. The number of benzene rings is 2. The average Bonchev–Trinajstić information content (AvgIpc) is 2.47. The SMILES string of the molecule is Cc1ccc(C(=O)[C@H](C)Oc2ccc([N+](=O)[O-])cc2)cc1. The fraction of sp³-hybridized carbons (Fsp3) is 0.188. The van der Waals surface area contributed by atoms with Gasteiger partial charge in [-0.25, -0.2) is 0 Å². The Morgan fingerprint density at radius 2 is 1.67 bits per heavy atom. The van der Waals surface area contributed by atoms with Crippen LogP contribution in [-0.4, -0.2) is 16.8 Å². The number of aryl methyl sites for hydroxylation is 1. The van der Waals surface area contributed by atoms with Crippen molar-refractivity contribution >= 4 is 11.5 Å². The molecule has 0 saturated heterocycles. The molecule has 0 radical (unpaired) electrons. The van der Waals surface area contributed by atoms with Crippen molar-refractivity contribution in [1.82, 2.24) is 0 Å². The summed E-state index contributed by atoms with van der Waals surface area (Å²) in [5.74, 6) is 0.293. The van der Waals surface area contributed by atoms with E-state index in [2.05, 4.69) is 0 Å². The third-order valence-corrected chi connectivity index (χ3v) is 3.07. The average molecular weight is 285 g/mol. The molecule has 0 fully saturated rings. The molecule has 0 aliphatic carbocycles. The molecule has 108 valence electrons. The van der Waals surface area contributed by atoms with Crippen LogP contribution in [0.4, 0.5) is 5.69 Å². The molecule has 0 unspecified atom stereocenters. The van der Waals surface area contributed by atoms with Gasteiger partial charge in [0, 0.05) is 17.7 Å². The molecule has 0 aliphatic rings. The van der Waals surface area contributed by atoms with Gasteiger partial charge in [0.25, 0.3) is 5.69 Å². The van der Waals surface area contributed by atoms with Gasteiger partial charge in [-0.2, -0.15) is 0 Å². The highest BCUT2D eigenvalue weighted by molar-refractivity contribution is 5.99. The molecule has 0 saturated carbocycles. The molecule has 0 aromatic heterocycles. The molecule has 21 heavy (non-hydrogen) atoms. The van der Waals surface area contributed by atoms with E-state index in [9.17, 15) is 14.9 Å². The normalized spacial score (nSPS) is 11.7. The van der Waals surface area contributed by atoms with Gasteiger partial charge in [-0.3, -0.25) is 14.9 Å². The largest absolute Gasteiger partial charge is 0.483 e. The van der Waals surface area contributed by atoms with Crippen LogP contribution in [0.3, 0.4) is 0 Å². The molecule has 0 bridgehead atoms. The lowest BCUT2D eigenvalue weighted by Crippen LogP contribution is -2.23. The fourth-order valence-corrected chi connectivity index (χ4v) is 1.86. The highest BCUT2D eigenvalue weighted by Gasteiger charge is 2.17. The summed E-state index contributed by atoms with van der Waals surface area (Å²) in [5.41, 5.74) is 1.64. The van der Waals surface area contributed by atoms with Crippen molar-refractivity contribution in [3.05, 3.63) is 69.8 Å². The van der Waals surface area contributed by atoms with E-state index in [0.29, 0.717) is 11.3 Å². The minimum atomic E-state index is -0.658. The summed E-state index contributed by atoms with van der Waals surface area (Å²) in [4.78, 5) is 22.3. The van der Waals surface area contributed by atoms with Gasteiger partial charge in [0.05, 0.1) is 4.92 Å². The van der Waals surface area contributed by atoms with Gasteiger partial charge in [0.2, 0.25) is 5.78 Å². The van der Waals surface area contributed by atoms with Crippen LogP contribution in [0.5, 0.6) is 5.75 Å². The lowest BCUT2D eigenvalue weighted by atomic mass is 10.1. The number of carbonyl (C=O) groups is 1. The molecule has 0 heterocycles. The number of non-ortho nitro benzene ring substituents is 1. The van der Waals surface area contributed by atoms with Gasteiger partial charge < -0.3 is 4.74 Å². The molecule has 0 aliphatic heterocycles. The van der Waals surface area contributed by atoms with Crippen LogP contribution in [0, 0.1) is 17.0 Å². The molecule has 5 heteroatoms. The number of nitro groups is 1. The zero-order valence-corrected chi connectivity index (χ0v) is 11.8. The molecule has 1 atom stereocenters. The van der Waals surface area contributed by atoms with E-state index in [-0.39, 0.29) is 11.5 Å². The number of nitrogens with zero attached hydrogens (tertiary/aromatic N) is 1. The molecule has 0 N–H and O–H groups in total. The van der Waals surface area contributed by atoms with Crippen LogP contribution in [0.15, 0.2) is 48.5 Å². The number of Topliss-reactive ketones (excluding diaryl/α,β-unsaturated/α-hetero) is 1. The van der Waals surface area contributed by atoms with Gasteiger partial charge in [0.1, 0.15) is 5.75 Å². The highest BCUT2D eigenvalue weighted by atomic mass is 16.6. The molecular weight excluding hydrogens is 270 g/mol. The molecule has 0 spiro atoms. The number of hydrogen-bond acceptors (Lipinski definition) is 4. The predicted octanol–water partition coefficient (Wildman–Crippen LogP) is 3.55. The Balaban J connectivity index is 2.06. The summed E-state index contributed by atoms with van der Waals surface area (Å²) in [7, 11) is 0. The Labute approximate surface area is 122 Å². The van der Waals surface area contributed by atoms with Gasteiger partial charge >= 0.3 is 0 Å². The second-order valence-electron chi connectivity index (χ2n) is 4.74. The van der Waals surface area contributed by atoms with Crippen molar-refractivity contribution in [3.8, 4) is 5.75 Å². The lowest BCUT2D eigenvalue weighted by Gasteiger charge is -2.13. The standard InChI is InChI=1S/C16H15NO4/c1-11-3-5-13(6-4-11)16(18)12(2)21-15-9-7-14(8-10-15)17(19)20/h3-10,12H,1-2H3/t12-/m0/s1. The lowest BCUT2D eigenvalue weighted by molar-refractivity contribution is -0.384. The maximum Gasteiger partial charge on any atom is 0.269 e. The van der Waals surface area contributed by atoms with Crippen LogP contribution in [-0.2, 0) is 0 Å². The van der Waals surface area contributed by atoms with Crippen molar-refractivity contribution in [1.29, 1.82) is 0 Å². The molecule has 5 nitrogen and oxygen atoms in total. The maximum absolute atomic E-state index is 12.2. The first-order valence-corrected chi connectivity index (χ1v) is 6.49. The number of rotatable bonds is 5. The van der Waals surface area contributed by atoms with Gasteiger partial charge in [-0.05, 0) is 26.0 Å². The minimum absolute atomic E-state index is 0.0140.